The van der Waals surface area contributed by atoms with E-state index in [4.69, 9.17) is 4.74 Å². The topological polar surface area (TPSA) is 110 Å². The summed E-state index contributed by atoms with van der Waals surface area (Å²) in [5, 5.41) is 22.2. The summed E-state index contributed by atoms with van der Waals surface area (Å²) in [5.41, 5.74) is 3.29. The fourth-order valence-corrected chi connectivity index (χ4v) is 6.42. The van der Waals surface area contributed by atoms with Crippen molar-refractivity contribution in [1.29, 1.82) is 0 Å². The number of thiazole rings is 1. The van der Waals surface area contributed by atoms with Gasteiger partial charge >= 0.3 is 5.97 Å². The van der Waals surface area contributed by atoms with Crippen LogP contribution in [0.25, 0.3) is 17.1 Å². The minimum atomic E-state index is -0.287. The number of carbonyl (C=O) groups is 2. The van der Waals surface area contributed by atoms with Crippen molar-refractivity contribution in [3.8, 4) is 22.8 Å². The summed E-state index contributed by atoms with van der Waals surface area (Å²) in [6.07, 6.45) is 2.43. The fraction of sp³-hybridized carbons (Fsp3) is 0.345. The van der Waals surface area contributed by atoms with Crippen LogP contribution in [0.2, 0.25) is 0 Å². The minimum Gasteiger partial charge on any atom is -0.508 e. The van der Waals surface area contributed by atoms with Gasteiger partial charge in [0.1, 0.15) is 16.5 Å². The SMILES string of the molecule is CCOC(=O)C1CCCN(C(=O)c2csc(CSc3nnc(-c4cccc(O)c4)n3-c3ccc(CC)cc3)n2)C1. The van der Waals surface area contributed by atoms with Crippen molar-refractivity contribution >= 4 is 35.0 Å². The molecule has 208 valence electrons. The molecule has 11 heteroatoms. The molecule has 1 unspecified atom stereocenters. The van der Waals surface area contributed by atoms with E-state index in [1.54, 1.807) is 35.4 Å². The van der Waals surface area contributed by atoms with E-state index in [0.717, 1.165) is 35.5 Å². The zero-order chi connectivity index (χ0) is 28.1. The molecule has 1 N–H and O–H groups in total. The van der Waals surface area contributed by atoms with Crippen molar-refractivity contribution in [3.63, 3.8) is 0 Å². The van der Waals surface area contributed by atoms with Crippen LogP contribution in [0, 0.1) is 5.92 Å². The first-order valence-electron chi connectivity index (χ1n) is 13.3. The number of phenols is 1. The van der Waals surface area contributed by atoms with E-state index in [-0.39, 0.29) is 23.5 Å². The van der Waals surface area contributed by atoms with Crippen molar-refractivity contribution in [3.05, 3.63) is 70.2 Å². The first-order valence-corrected chi connectivity index (χ1v) is 15.2. The molecule has 2 aromatic carbocycles. The molecule has 0 saturated carbocycles. The van der Waals surface area contributed by atoms with Crippen molar-refractivity contribution in [1.82, 2.24) is 24.6 Å². The summed E-state index contributed by atoms with van der Waals surface area (Å²) in [6, 6.07) is 15.2. The number of esters is 1. The third-order valence-electron chi connectivity index (χ3n) is 6.76. The summed E-state index contributed by atoms with van der Waals surface area (Å²) in [4.78, 5) is 31.7. The third-order valence-corrected chi connectivity index (χ3v) is 8.74. The Kier molecular flexibility index (Phi) is 8.81. The van der Waals surface area contributed by atoms with E-state index in [0.29, 0.717) is 42.1 Å². The maximum atomic E-state index is 13.2. The highest BCUT2D eigenvalue weighted by Gasteiger charge is 2.30. The molecule has 4 aromatic rings. The average molecular weight is 578 g/mol. The number of nitrogens with zero attached hydrogens (tertiary/aromatic N) is 5. The number of aromatic hydroxyl groups is 1. The highest BCUT2D eigenvalue weighted by atomic mass is 32.2. The fourth-order valence-electron chi connectivity index (χ4n) is 4.69. The summed E-state index contributed by atoms with van der Waals surface area (Å²) in [6.45, 7) is 5.20. The number of amides is 1. The number of hydrogen-bond donors (Lipinski definition) is 1. The number of aryl methyl sites for hydroxylation is 1. The Labute approximate surface area is 241 Å². The van der Waals surface area contributed by atoms with Crippen LogP contribution in [0.4, 0.5) is 0 Å². The summed E-state index contributed by atoms with van der Waals surface area (Å²) in [7, 11) is 0. The third kappa shape index (κ3) is 6.20. The van der Waals surface area contributed by atoms with Crippen LogP contribution in [-0.2, 0) is 21.7 Å². The molecule has 1 saturated heterocycles. The van der Waals surface area contributed by atoms with Gasteiger partial charge in [-0.15, -0.1) is 21.5 Å². The molecule has 1 atom stereocenters. The number of phenolic OH excluding ortho intramolecular Hbond substituents is 1. The molecule has 1 aliphatic rings. The standard InChI is InChI=1S/C29H31N5O4S2/c1-3-19-10-12-22(13-11-19)34-26(20-7-5-9-23(35)15-20)31-32-29(34)40-18-25-30-24(17-39-25)27(36)33-14-6-8-21(16-33)28(37)38-4-2/h5,7,9-13,15,17,21,35H,3-4,6,8,14,16,18H2,1-2H3. The number of hydrogen-bond acceptors (Lipinski definition) is 9. The van der Waals surface area contributed by atoms with Crippen molar-refractivity contribution in [2.24, 2.45) is 5.92 Å². The highest BCUT2D eigenvalue weighted by Crippen LogP contribution is 2.32. The Balaban J connectivity index is 1.33. The second-order valence-corrected chi connectivity index (χ2v) is 11.4. The summed E-state index contributed by atoms with van der Waals surface area (Å²) >= 11 is 2.91. The zero-order valence-electron chi connectivity index (χ0n) is 22.4. The first-order chi connectivity index (χ1) is 19.5. The predicted octanol–water partition coefficient (Wildman–Crippen LogP) is 5.37. The lowest BCUT2D eigenvalue weighted by Gasteiger charge is -2.31. The smallest absolute Gasteiger partial charge is 0.310 e. The van der Waals surface area contributed by atoms with E-state index >= 15 is 0 Å². The van der Waals surface area contributed by atoms with Gasteiger partial charge in [-0.2, -0.15) is 0 Å². The Morgan fingerprint density at radius 2 is 1.98 bits per heavy atom. The van der Waals surface area contributed by atoms with Crippen LogP contribution in [0.15, 0.2) is 59.1 Å². The lowest BCUT2D eigenvalue weighted by molar-refractivity contribution is -0.149. The minimum absolute atomic E-state index is 0.157. The number of piperidine rings is 1. The van der Waals surface area contributed by atoms with Gasteiger partial charge in [-0.1, -0.05) is 43.0 Å². The van der Waals surface area contributed by atoms with E-state index in [1.165, 1.54) is 28.7 Å². The maximum absolute atomic E-state index is 13.2. The lowest BCUT2D eigenvalue weighted by atomic mass is 9.98. The number of likely N-dealkylation sites (tertiary alicyclic amines) is 1. The largest absolute Gasteiger partial charge is 0.508 e. The van der Waals surface area contributed by atoms with Gasteiger partial charge in [-0.25, -0.2) is 4.98 Å². The van der Waals surface area contributed by atoms with E-state index in [9.17, 15) is 14.7 Å². The van der Waals surface area contributed by atoms with Gasteiger partial charge in [0, 0.05) is 29.7 Å². The molecular formula is C29H31N5O4S2. The Morgan fingerprint density at radius 1 is 1.15 bits per heavy atom. The summed E-state index contributed by atoms with van der Waals surface area (Å²) in [5.74, 6) is 0.600. The maximum Gasteiger partial charge on any atom is 0.310 e. The Hall–Kier alpha value is -3.70. The molecule has 1 aliphatic heterocycles. The van der Waals surface area contributed by atoms with Crippen molar-refractivity contribution in [2.45, 2.75) is 44.0 Å². The van der Waals surface area contributed by atoms with Crippen molar-refractivity contribution in [2.75, 3.05) is 19.7 Å². The Morgan fingerprint density at radius 3 is 2.73 bits per heavy atom. The van der Waals surface area contributed by atoms with Crippen molar-refractivity contribution < 1.29 is 19.4 Å². The highest BCUT2D eigenvalue weighted by molar-refractivity contribution is 7.98. The molecule has 0 spiro atoms. The van der Waals surface area contributed by atoms with Gasteiger partial charge in [-0.3, -0.25) is 14.2 Å². The number of carbonyl (C=O) groups excluding carboxylic acids is 2. The molecule has 5 rings (SSSR count). The predicted molar refractivity (Wildman–Crippen MR) is 155 cm³/mol. The van der Waals surface area contributed by atoms with E-state index < -0.39 is 0 Å². The number of benzene rings is 2. The van der Waals surface area contributed by atoms with Gasteiger partial charge < -0.3 is 14.7 Å². The molecule has 1 fully saturated rings. The molecule has 9 nitrogen and oxygen atoms in total. The van der Waals surface area contributed by atoms with Crippen LogP contribution >= 0.6 is 23.1 Å². The van der Waals surface area contributed by atoms with Crippen LogP contribution in [-0.4, -0.2) is 61.3 Å². The molecule has 0 aliphatic carbocycles. The molecule has 0 bridgehead atoms. The molecule has 2 aromatic heterocycles. The van der Waals surface area contributed by atoms with Gasteiger partial charge in [-0.05, 0) is 56.0 Å². The number of thioether (sulfide) groups is 1. The van der Waals surface area contributed by atoms with Crippen LogP contribution in [0.5, 0.6) is 5.75 Å². The van der Waals surface area contributed by atoms with Gasteiger partial charge in [0.05, 0.1) is 18.3 Å². The zero-order valence-corrected chi connectivity index (χ0v) is 24.1. The molecule has 3 heterocycles. The van der Waals surface area contributed by atoms with E-state index in [1.807, 2.05) is 22.8 Å². The first kappa shape index (κ1) is 27.9. The molecule has 1 amide bonds. The summed E-state index contributed by atoms with van der Waals surface area (Å²) < 4.78 is 7.14. The molecule has 40 heavy (non-hydrogen) atoms. The Bertz CT molecular complexity index is 1480. The average Bonchev–Trinajstić information content (AvgIpc) is 3.63. The second kappa shape index (κ2) is 12.6. The molecular weight excluding hydrogens is 546 g/mol. The van der Waals surface area contributed by atoms with E-state index in [2.05, 4.69) is 34.2 Å². The second-order valence-electron chi connectivity index (χ2n) is 9.47. The monoisotopic (exact) mass is 577 g/mol. The number of rotatable bonds is 9. The van der Waals surface area contributed by atoms with Crippen LogP contribution in [0.1, 0.15) is 47.7 Å². The van der Waals surface area contributed by atoms with Gasteiger partial charge in [0.2, 0.25) is 0 Å². The number of ether oxygens (including phenoxy) is 1. The van der Waals surface area contributed by atoms with Crippen LogP contribution in [0.3, 0.4) is 0 Å². The van der Waals surface area contributed by atoms with Gasteiger partial charge in [0.25, 0.3) is 5.91 Å². The quantitative estimate of drug-likeness (QED) is 0.209. The van der Waals surface area contributed by atoms with Gasteiger partial charge in [0.15, 0.2) is 11.0 Å². The number of aromatic nitrogens is 4. The molecule has 0 radical (unpaired) electrons. The van der Waals surface area contributed by atoms with Crippen LogP contribution < -0.4 is 0 Å². The normalized spacial score (nSPS) is 15.2. The lowest BCUT2D eigenvalue weighted by Crippen LogP contribution is -2.43.